The summed E-state index contributed by atoms with van der Waals surface area (Å²) < 4.78 is 27.5. The van der Waals surface area contributed by atoms with E-state index >= 15 is 0 Å². The van der Waals surface area contributed by atoms with Crippen molar-refractivity contribution in [2.45, 2.75) is 45.8 Å². The maximum Gasteiger partial charge on any atom is 0.494 e. The Bertz CT molecular complexity index is 583. The van der Waals surface area contributed by atoms with Crippen molar-refractivity contribution in [3.63, 3.8) is 0 Å². The Kier molecular flexibility index (Phi) is 5.57. The molecule has 0 aromatic heterocycles. The van der Waals surface area contributed by atoms with Gasteiger partial charge < -0.3 is 23.5 Å². The van der Waals surface area contributed by atoms with E-state index in [1.807, 2.05) is 33.8 Å². The number of hydrogen-bond donors (Lipinski definition) is 0. The van der Waals surface area contributed by atoms with Crippen LogP contribution in [0.2, 0.25) is 0 Å². The minimum Gasteiger partial charge on any atom is -0.467 e. The third-order valence-corrected chi connectivity index (χ3v) is 4.36. The Morgan fingerprint density at radius 3 is 2.33 bits per heavy atom. The van der Waals surface area contributed by atoms with Crippen molar-refractivity contribution in [1.82, 2.24) is 0 Å². The van der Waals surface area contributed by atoms with E-state index in [9.17, 15) is 4.79 Å². The van der Waals surface area contributed by atoms with Gasteiger partial charge in [-0.3, -0.25) is 0 Å². The van der Waals surface area contributed by atoms with Crippen molar-refractivity contribution in [3.05, 3.63) is 23.8 Å². The monoisotopic (exact) mass is 336 g/mol. The molecule has 1 aliphatic heterocycles. The summed E-state index contributed by atoms with van der Waals surface area (Å²) in [6.07, 6.45) is 0. The van der Waals surface area contributed by atoms with Crippen LogP contribution >= 0.6 is 0 Å². The van der Waals surface area contributed by atoms with Gasteiger partial charge >= 0.3 is 13.1 Å². The largest absolute Gasteiger partial charge is 0.494 e. The number of carbonyl (C=O) groups excluding carboxylic acids is 1. The van der Waals surface area contributed by atoms with Crippen molar-refractivity contribution in [3.8, 4) is 5.75 Å². The highest BCUT2D eigenvalue weighted by Gasteiger charge is 2.51. The van der Waals surface area contributed by atoms with Crippen LogP contribution in [0.25, 0.3) is 0 Å². The van der Waals surface area contributed by atoms with Gasteiger partial charge in [0, 0.05) is 7.11 Å². The average Bonchev–Trinajstić information content (AvgIpc) is 2.73. The van der Waals surface area contributed by atoms with E-state index < -0.39 is 24.3 Å². The van der Waals surface area contributed by atoms with Gasteiger partial charge in [-0.05, 0) is 52.2 Å². The zero-order valence-electron chi connectivity index (χ0n) is 15.2. The number of methoxy groups -OCH3 is 1. The third-order valence-electron chi connectivity index (χ3n) is 4.36. The lowest BCUT2D eigenvalue weighted by atomic mass is 9.78. The molecule has 1 aliphatic rings. The molecule has 0 saturated carbocycles. The lowest BCUT2D eigenvalue weighted by molar-refractivity contribution is 0.00578. The minimum atomic E-state index is -0.556. The zero-order chi connectivity index (χ0) is 18.0. The fraction of sp³-hybridized carbons (Fsp3) is 0.588. The SMILES string of the molecule is CCOC(=O)c1cc(B2OC(C)(C)C(C)(C)O2)ccc1OCOC. The van der Waals surface area contributed by atoms with Gasteiger partial charge in [-0.25, -0.2) is 4.79 Å². The second kappa shape index (κ2) is 7.13. The molecule has 0 atom stereocenters. The van der Waals surface area contributed by atoms with Crippen molar-refractivity contribution in [2.75, 3.05) is 20.5 Å². The van der Waals surface area contributed by atoms with E-state index in [-0.39, 0.29) is 13.4 Å². The van der Waals surface area contributed by atoms with Crippen LogP contribution in [0.4, 0.5) is 0 Å². The highest BCUT2D eigenvalue weighted by atomic mass is 16.7. The van der Waals surface area contributed by atoms with Gasteiger partial charge in [-0.15, -0.1) is 0 Å². The summed E-state index contributed by atoms with van der Waals surface area (Å²) >= 11 is 0. The summed E-state index contributed by atoms with van der Waals surface area (Å²) in [6, 6.07) is 5.20. The maximum absolute atomic E-state index is 12.2. The van der Waals surface area contributed by atoms with Crippen molar-refractivity contribution in [2.24, 2.45) is 0 Å². The zero-order valence-corrected chi connectivity index (χ0v) is 15.2. The number of rotatable bonds is 6. The molecule has 0 aliphatic carbocycles. The number of carbonyl (C=O) groups is 1. The van der Waals surface area contributed by atoms with Gasteiger partial charge in [0.25, 0.3) is 0 Å². The molecule has 1 saturated heterocycles. The summed E-state index contributed by atoms with van der Waals surface area (Å²) in [5, 5.41) is 0. The third kappa shape index (κ3) is 3.74. The molecule has 7 heteroatoms. The first-order chi connectivity index (χ1) is 11.2. The Morgan fingerprint density at radius 1 is 1.17 bits per heavy atom. The lowest BCUT2D eigenvalue weighted by Crippen LogP contribution is -2.41. The number of esters is 1. The molecule has 0 bridgehead atoms. The Balaban J connectivity index is 2.32. The van der Waals surface area contributed by atoms with E-state index in [1.54, 1.807) is 19.1 Å². The molecule has 1 heterocycles. The van der Waals surface area contributed by atoms with Gasteiger partial charge in [0.15, 0.2) is 6.79 Å². The molecule has 6 nitrogen and oxygen atoms in total. The molecular formula is C17H25BO6. The van der Waals surface area contributed by atoms with Crippen LogP contribution in [0.5, 0.6) is 5.75 Å². The molecule has 0 spiro atoms. The summed E-state index contributed by atoms with van der Waals surface area (Å²) in [5.74, 6) is -0.0578. The topological polar surface area (TPSA) is 63.2 Å². The molecule has 132 valence electrons. The number of benzene rings is 1. The Labute approximate surface area is 143 Å². The van der Waals surface area contributed by atoms with E-state index in [0.717, 1.165) is 5.46 Å². The van der Waals surface area contributed by atoms with Crippen molar-refractivity contribution in [1.29, 1.82) is 0 Å². The molecule has 24 heavy (non-hydrogen) atoms. The molecule has 0 unspecified atom stereocenters. The fourth-order valence-electron chi connectivity index (χ4n) is 2.29. The van der Waals surface area contributed by atoms with Crippen molar-refractivity contribution < 1.29 is 28.3 Å². The Morgan fingerprint density at radius 2 is 1.79 bits per heavy atom. The van der Waals surface area contributed by atoms with Crippen molar-refractivity contribution >= 4 is 18.6 Å². The second-order valence-electron chi connectivity index (χ2n) is 6.62. The first kappa shape index (κ1) is 18.8. The molecule has 2 rings (SSSR count). The lowest BCUT2D eigenvalue weighted by Gasteiger charge is -2.32. The van der Waals surface area contributed by atoms with Crippen LogP contribution in [0.3, 0.4) is 0 Å². The van der Waals surface area contributed by atoms with Gasteiger partial charge in [0.05, 0.1) is 17.8 Å². The number of hydrogen-bond acceptors (Lipinski definition) is 6. The highest BCUT2D eigenvalue weighted by Crippen LogP contribution is 2.36. The fourth-order valence-corrected chi connectivity index (χ4v) is 2.29. The summed E-state index contributed by atoms with van der Waals surface area (Å²) in [5.41, 5.74) is 0.155. The standard InChI is InChI=1S/C17H25BO6/c1-7-21-15(19)13-10-12(8-9-14(13)22-11-20-6)18-23-16(2,3)17(4,5)24-18/h8-10H,7,11H2,1-6H3. The summed E-state index contributed by atoms with van der Waals surface area (Å²) in [6.45, 7) is 10.0. The molecule has 0 N–H and O–H groups in total. The predicted octanol–water partition coefficient (Wildman–Crippen LogP) is 2.15. The first-order valence-corrected chi connectivity index (χ1v) is 8.00. The maximum atomic E-state index is 12.2. The molecule has 0 radical (unpaired) electrons. The minimum absolute atomic E-state index is 0.0439. The van der Waals surface area contributed by atoms with E-state index in [0.29, 0.717) is 11.3 Å². The van der Waals surface area contributed by atoms with Gasteiger partial charge in [-0.1, -0.05) is 6.07 Å². The van der Waals surface area contributed by atoms with Gasteiger partial charge in [0.2, 0.25) is 0 Å². The summed E-state index contributed by atoms with van der Waals surface area (Å²) in [4.78, 5) is 12.2. The van der Waals surface area contributed by atoms with Crippen LogP contribution < -0.4 is 10.2 Å². The predicted molar refractivity (Wildman–Crippen MR) is 90.6 cm³/mol. The van der Waals surface area contributed by atoms with Gasteiger partial charge in [0.1, 0.15) is 11.3 Å². The molecular weight excluding hydrogens is 311 g/mol. The molecule has 1 fully saturated rings. The molecule has 1 aromatic carbocycles. The average molecular weight is 336 g/mol. The van der Waals surface area contributed by atoms with Crippen LogP contribution in [0, 0.1) is 0 Å². The summed E-state index contributed by atoms with van der Waals surface area (Å²) in [7, 11) is 0.961. The second-order valence-corrected chi connectivity index (χ2v) is 6.62. The van der Waals surface area contributed by atoms with Crippen LogP contribution in [-0.2, 0) is 18.8 Å². The Hall–Kier alpha value is -1.57. The highest BCUT2D eigenvalue weighted by molar-refractivity contribution is 6.62. The first-order valence-electron chi connectivity index (χ1n) is 8.00. The molecule has 0 amide bonds. The smallest absolute Gasteiger partial charge is 0.467 e. The van der Waals surface area contributed by atoms with Crippen LogP contribution in [0.15, 0.2) is 18.2 Å². The number of ether oxygens (including phenoxy) is 3. The normalized spacial score (nSPS) is 18.5. The van der Waals surface area contributed by atoms with E-state index in [1.165, 1.54) is 7.11 Å². The quantitative estimate of drug-likeness (QED) is 0.451. The van der Waals surface area contributed by atoms with E-state index in [4.69, 9.17) is 23.5 Å². The molecule has 1 aromatic rings. The van der Waals surface area contributed by atoms with Crippen LogP contribution in [-0.4, -0.2) is 44.8 Å². The van der Waals surface area contributed by atoms with Gasteiger partial charge in [-0.2, -0.15) is 0 Å². The van der Waals surface area contributed by atoms with Crippen LogP contribution in [0.1, 0.15) is 45.0 Å². The van der Waals surface area contributed by atoms with E-state index in [2.05, 4.69) is 0 Å².